The molecule has 178 valence electrons. The van der Waals surface area contributed by atoms with Gasteiger partial charge in [-0.25, -0.2) is 9.78 Å². The van der Waals surface area contributed by atoms with Gasteiger partial charge in [0.1, 0.15) is 11.4 Å². The molecule has 9 heteroatoms. The van der Waals surface area contributed by atoms with Crippen molar-refractivity contribution in [1.29, 1.82) is 0 Å². The van der Waals surface area contributed by atoms with Gasteiger partial charge in [0.15, 0.2) is 5.96 Å². The summed E-state index contributed by atoms with van der Waals surface area (Å²) in [6, 6.07) is 8.43. The molecule has 0 saturated carbocycles. The molecule has 0 unspecified atom stereocenters. The van der Waals surface area contributed by atoms with Crippen LogP contribution in [0.5, 0.6) is 0 Å². The number of aryl methyl sites for hydroxylation is 1. The number of amides is 1. The summed E-state index contributed by atoms with van der Waals surface area (Å²) in [5.41, 5.74) is 1.33. The lowest BCUT2D eigenvalue weighted by molar-refractivity contribution is 0.0474. The molecule has 0 aliphatic heterocycles. The van der Waals surface area contributed by atoms with Gasteiger partial charge in [-0.1, -0.05) is 24.3 Å². The lowest BCUT2D eigenvalue weighted by Gasteiger charge is -2.29. The number of hydrogen-bond donors (Lipinski definition) is 3. The number of carbonyl (C=O) groups is 1. The molecule has 0 radical (unpaired) electrons. The van der Waals surface area contributed by atoms with Gasteiger partial charge in [0, 0.05) is 39.1 Å². The van der Waals surface area contributed by atoms with Gasteiger partial charge in [0.25, 0.3) is 0 Å². The molecular weight excluding hydrogens is 519 g/mol. The van der Waals surface area contributed by atoms with E-state index in [0.29, 0.717) is 19.0 Å². The number of aliphatic imine (C=N–C) groups is 1. The average Bonchev–Trinajstić information content (AvgIpc) is 3.04. The van der Waals surface area contributed by atoms with Crippen LogP contribution < -0.4 is 16.0 Å². The smallest absolute Gasteiger partial charge is 0.408 e. The van der Waals surface area contributed by atoms with Crippen LogP contribution in [0.25, 0.3) is 0 Å². The van der Waals surface area contributed by atoms with Crippen LogP contribution in [0.15, 0.2) is 41.7 Å². The summed E-state index contributed by atoms with van der Waals surface area (Å²) in [6.07, 6.45) is 3.36. The molecule has 0 bridgehead atoms. The number of benzene rings is 1. The lowest BCUT2D eigenvalue weighted by Crippen LogP contribution is -2.54. The number of imidazole rings is 1. The van der Waals surface area contributed by atoms with Crippen molar-refractivity contribution in [3.63, 3.8) is 0 Å². The topological polar surface area (TPSA) is 92.6 Å². The summed E-state index contributed by atoms with van der Waals surface area (Å²) in [6.45, 7) is 13.3. The average molecular weight is 556 g/mol. The Hall–Kier alpha value is -2.30. The fourth-order valence-corrected chi connectivity index (χ4v) is 2.94. The highest BCUT2D eigenvalue weighted by molar-refractivity contribution is 14.0. The summed E-state index contributed by atoms with van der Waals surface area (Å²) in [7, 11) is 1.72. The number of hydrogen-bond acceptors (Lipinski definition) is 4. The predicted molar refractivity (Wildman–Crippen MR) is 140 cm³/mol. The minimum Gasteiger partial charge on any atom is -0.444 e. The Bertz CT molecular complexity index is 902. The molecule has 0 spiro atoms. The highest BCUT2D eigenvalue weighted by Gasteiger charge is 2.24. The van der Waals surface area contributed by atoms with Gasteiger partial charge in [-0.15, -0.1) is 24.0 Å². The standard InChI is InChI=1S/C23H36N6O2.HI/c1-17-25-11-12-29(17)15-19-10-8-9-18(13-19)14-26-20(24-7)27-16-23(5,6)28-21(30)31-22(2,3)4;/h8-13H,14-16H2,1-7H3,(H,28,30)(H2,24,26,27);1H. The van der Waals surface area contributed by atoms with Crippen LogP contribution in [0.4, 0.5) is 4.79 Å². The van der Waals surface area contributed by atoms with Crippen LogP contribution in [0, 0.1) is 6.92 Å². The zero-order valence-corrected chi connectivity index (χ0v) is 22.5. The van der Waals surface area contributed by atoms with Crippen LogP contribution >= 0.6 is 24.0 Å². The second-order valence-electron chi connectivity index (χ2n) is 9.21. The second kappa shape index (κ2) is 12.1. The Morgan fingerprint density at radius 1 is 1.16 bits per heavy atom. The molecular formula is C23H37IN6O2. The molecule has 32 heavy (non-hydrogen) atoms. The zero-order chi connectivity index (χ0) is 23.1. The van der Waals surface area contributed by atoms with E-state index in [4.69, 9.17) is 4.74 Å². The number of rotatable bonds is 7. The predicted octanol–water partition coefficient (Wildman–Crippen LogP) is 3.83. The fraction of sp³-hybridized carbons (Fsp3) is 0.522. The van der Waals surface area contributed by atoms with Crippen molar-refractivity contribution in [1.82, 2.24) is 25.5 Å². The first kappa shape index (κ1) is 27.7. The van der Waals surface area contributed by atoms with Crippen LogP contribution in [-0.4, -0.2) is 46.3 Å². The summed E-state index contributed by atoms with van der Waals surface area (Å²) in [5.74, 6) is 1.66. The molecule has 1 heterocycles. The Balaban J connectivity index is 0.00000512. The van der Waals surface area contributed by atoms with E-state index in [9.17, 15) is 4.79 Å². The number of ether oxygens (including phenoxy) is 1. The number of carbonyl (C=O) groups excluding carboxylic acids is 1. The van der Waals surface area contributed by atoms with Gasteiger partial charge >= 0.3 is 6.09 Å². The van der Waals surface area contributed by atoms with Gasteiger partial charge in [-0.2, -0.15) is 0 Å². The Morgan fingerprint density at radius 2 is 1.84 bits per heavy atom. The normalized spacial score (nSPS) is 12.0. The van der Waals surface area contributed by atoms with Gasteiger partial charge in [0.2, 0.25) is 0 Å². The molecule has 8 nitrogen and oxygen atoms in total. The largest absolute Gasteiger partial charge is 0.444 e. The fourth-order valence-electron chi connectivity index (χ4n) is 2.94. The molecule has 0 saturated heterocycles. The molecule has 0 atom stereocenters. The number of nitrogens with one attached hydrogen (secondary N) is 3. The third-order valence-electron chi connectivity index (χ3n) is 4.49. The van der Waals surface area contributed by atoms with Crippen molar-refractivity contribution in [3.05, 3.63) is 53.6 Å². The molecule has 0 aliphatic carbocycles. The summed E-state index contributed by atoms with van der Waals surface area (Å²) in [4.78, 5) is 20.6. The lowest BCUT2D eigenvalue weighted by atomic mass is 10.1. The summed E-state index contributed by atoms with van der Waals surface area (Å²) in [5, 5.41) is 9.47. The minimum atomic E-state index is -0.531. The van der Waals surface area contributed by atoms with E-state index in [2.05, 4.69) is 54.8 Å². The third-order valence-corrected chi connectivity index (χ3v) is 4.49. The van der Waals surface area contributed by atoms with E-state index in [0.717, 1.165) is 17.9 Å². The van der Waals surface area contributed by atoms with Crippen molar-refractivity contribution < 1.29 is 9.53 Å². The summed E-state index contributed by atoms with van der Waals surface area (Å²) >= 11 is 0. The maximum absolute atomic E-state index is 12.1. The Morgan fingerprint density at radius 3 is 2.44 bits per heavy atom. The van der Waals surface area contributed by atoms with E-state index < -0.39 is 17.2 Å². The van der Waals surface area contributed by atoms with Gasteiger partial charge < -0.3 is 25.3 Å². The summed E-state index contributed by atoms with van der Waals surface area (Å²) < 4.78 is 7.46. The quantitative estimate of drug-likeness (QED) is 0.274. The van der Waals surface area contributed by atoms with E-state index in [1.54, 1.807) is 7.05 Å². The number of halogens is 1. The number of nitrogens with zero attached hydrogens (tertiary/aromatic N) is 3. The molecule has 0 aliphatic rings. The molecule has 3 N–H and O–H groups in total. The zero-order valence-electron chi connectivity index (χ0n) is 20.2. The minimum absolute atomic E-state index is 0. The van der Waals surface area contributed by atoms with Crippen molar-refractivity contribution in [2.75, 3.05) is 13.6 Å². The van der Waals surface area contributed by atoms with Crippen LogP contribution in [-0.2, 0) is 17.8 Å². The van der Waals surface area contributed by atoms with Crippen molar-refractivity contribution >= 4 is 36.0 Å². The van der Waals surface area contributed by atoms with E-state index in [1.165, 1.54) is 5.56 Å². The van der Waals surface area contributed by atoms with E-state index in [1.807, 2.05) is 53.9 Å². The molecule has 1 amide bonds. The van der Waals surface area contributed by atoms with E-state index >= 15 is 0 Å². The maximum atomic E-state index is 12.1. The number of aromatic nitrogens is 2. The highest BCUT2D eigenvalue weighted by atomic mass is 127. The van der Waals surface area contributed by atoms with Gasteiger partial charge in [-0.3, -0.25) is 4.99 Å². The molecule has 0 fully saturated rings. The van der Waals surface area contributed by atoms with E-state index in [-0.39, 0.29) is 24.0 Å². The van der Waals surface area contributed by atoms with Gasteiger partial charge in [-0.05, 0) is 52.7 Å². The van der Waals surface area contributed by atoms with Crippen molar-refractivity contribution in [2.24, 2.45) is 4.99 Å². The monoisotopic (exact) mass is 556 g/mol. The highest BCUT2D eigenvalue weighted by Crippen LogP contribution is 2.10. The maximum Gasteiger partial charge on any atom is 0.408 e. The first-order valence-electron chi connectivity index (χ1n) is 10.5. The van der Waals surface area contributed by atoms with Gasteiger partial charge in [0.05, 0.1) is 5.54 Å². The van der Waals surface area contributed by atoms with Crippen molar-refractivity contribution in [2.45, 2.75) is 65.8 Å². The first-order valence-corrected chi connectivity index (χ1v) is 10.5. The van der Waals surface area contributed by atoms with Crippen LogP contribution in [0.3, 0.4) is 0 Å². The third kappa shape index (κ3) is 9.88. The van der Waals surface area contributed by atoms with Crippen LogP contribution in [0.2, 0.25) is 0 Å². The van der Waals surface area contributed by atoms with Crippen molar-refractivity contribution in [3.8, 4) is 0 Å². The Labute approximate surface area is 208 Å². The molecule has 2 aromatic rings. The second-order valence-corrected chi connectivity index (χ2v) is 9.21. The molecule has 1 aromatic heterocycles. The molecule has 1 aromatic carbocycles. The number of alkyl carbamates (subject to hydrolysis) is 1. The Kier molecular flexibility index (Phi) is 10.5. The first-order chi connectivity index (χ1) is 14.5. The SMILES string of the molecule is CN=C(NCc1cccc(Cn2ccnc2C)c1)NCC(C)(C)NC(=O)OC(C)(C)C.I. The van der Waals surface area contributed by atoms with Crippen LogP contribution in [0.1, 0.15) is 51.6 Å². The number of guanidine groups is 1. The molecule has 2 rings (SSSR count).